The van der Waals surface area contributed by atoms with Gasteiger partial charge in [-0.05, 0) is 6.92 Å². The molecule has 0 bridgehead atoms. The molecule has 104 valence electrons. The molecule has 0 amide bonds. The van der Waals surface area contributed by atoms with Gasteiger partial charge in [-0.2, -0.15) is 0 Å². The van der Waals surface area contributed by atoms with Crippen LogP contribution in [0.3, 0.4) is 0 Å². The van der Waals surface area contributed by atoms with E-state index < -0.39 is 30.2 Å². The topological polar surface area (TPSA) is 131 Å². The largest absolute Gasteiger partial charge is 0.418 e. The Morgan fingerprint density at radius 2 is 2.32 bits per heavy atom. The molecule has 1 aromatic rings. The quantitative estimate of drug-likeness (QED) is 0.339. The highest BCUT2D eigenvalue weighted by Crippen LogP contribution is 2.24. The van der Waals surface area contributed by atoms with Gasteiger partial charge in [0.05, 0.1) is 13.0 Å². The van der Waals surface area contributed by atoms with Gasteiger partial charge in [0, 0.05) is 16.7 Å². The Labute approximate surface area is 106 Å². The number of aliphatic hydroxyl groups excluding tert-OH is 1. The maximum Gasteiger partial charge on any atom is 0.330 e. The van der Waals surface area contributed by atoms with Crippen LogP contribution in [0, 0.1) is 12.1 Å². The lowest BCUT2D eigenvalue weighted by Gasteiger charge is -2.13. The standard InChI is InChI=1S/C10H13N3O6/c1-5-3-12(10(16)11-9(5)15)8-2-6(13(17)18)7(4-14)19-8/h3,7-8,14H,2,4H2,1H3,(H,17,18)(H,11,15,16). The number of aromatic amines is 1. The first-order chi connectivity index (χ1) is 8.93. The molecule has 1 aliphatic rings. The summed E-state index contributed by atoms with van der Waals surface area (Å²) in [6, 6.07) is 0. The van der Waals surface area contributed by atoms with E-state index in [0.29, 0.717) is 5.56 Å². The van der Waals surface area contributed by atoms with Crippen LogP contribution in [0.2, 0.25) is 0 Å². The summed E-state index contributed by atoms with van der Waals surface area (Å²) in [5.41, 5.74) is -0.966. The molecule has 2 rings (SSSR count). The normalized spacial score (nSPS) is 25.6. The van der Waals surface area contributed by atoms with E-state index in [9.17, 15) is 14.8 Å². The van der Waals surface area contributed by atoms with Gasteiger partial charge in [0.25, 0.3) is 11.3 Å². The monoisotopic (exact) mass is 271 g/mol. The van der Waals surface area contributed by atoms with Crippen LogP contribution in [-0.4, -0.2) is 43.2 Å². The molecule has 0 aliphatic carbocycles. The van der Waals surface area contributed by atoms with E-state index in [1.807, 2.05) is 0 Å². The second-order valence-corrected chi connectivity index (χ2v) is 4.21. The molecule has 2 heterocycles. The second-order valence-electron chi connectivity index (χ2n) is 4.21. The smallest absolute Gasteiger partial charge is 0.330 e. The number of nitrogens with zero attached hydrogens (tertiary/aromatic N) is 2. The molecule has 1 aromatic heterocycles. The van der Waals surface area contributed by atoms with Crippen molar-refractivity contribution < 1.29 is 20.0 Å². The summed E-state index contributed by atoms with van der Waals surface area (Å²) in [7, 11) is 0. The van der Waals surface area contributed by atoms with Crippen LogP contribution in [0.5, 0.6) is 0 Å². The van der Waals surface area contributed by atoms with Crippen LogP contribution >= 0.6 is 0 Å². The zero-order valence-corrected chi connectivity index (χ0v) is 10.1. The number of aryl methyl sites for hydroxylation is 1. The molecule has 2 atom stereocenters. The zero-order valence-electron chi connectivity index (χ0n) is 10.1. The maximum atomic E-state index is 11.7. The second kappa shape index (κ2) is 4.86. The Hall–Kier alpha value is -2.13. The molecule has 0 radical (unpaired) electrons. The molecule has 3 N–H and O–H groups in total. The van der Waals surface area contributed by atoms with Crippen molar-refractivity contribution in [3.63, 3.8) is 0 Å². The third-order valence-electron chi connectivity index (χ3n) is 2.94. The fraction of sp³-hybridized carbons (Fsp3) is 0.500. The Bertz CT molecular complexity index is 627. The lowest BCUT2D eigenvalue weighted by molar-refractivity contribution is -0.727. The third-order valence-corrected chi connectivity index (χ3v) is 2.94. The third kappa shape index (κ3) is 2.37. The maximum absolute atomic E-state index is 11.7. The molecule has 0 saturated carbocycles. The molecule has 19 heavy (non-hydrogen) atoms. The van der Waals surface area contributed by atoms with E-state index in [0.717, 1.165) is 4.57 Å². The number of aromatic nitrogens is 2. The number of ether oxygens (including phenoxy) is 1. The minimum atomic E-state index is -0.980. The van der Waals surface area contributed by atoms with E-state index in [4.69, 9.17) is 15.1 Å². The number of hydrogen-bond acceptors (Lipinski definition) is 6. The minimum Gasteiger partial charge on any atom is -0.418 e. The summed E-state index contributed by atoms with van der Waals surface area (Å²) in [4.78, 5) is 24.6. The number of H-pyrrole nitrogens is 1. The molecule has 0 aromatic carbocycles. The first kappa shape index (κ1) is 13.3. The van der Waals surface area contributed by atoms with Crippen molar-refractivity contribution in [2.75, 3.05) is 6.61 Å². The highest BCUT2D eigenvalue weighted by atomic mass is 16.8. The van der Waals surface area contributed by atoms with Gasteiger partial charge in [0.2, 0.25) is 0 Å². The van der Waals surface area contributed by atoms with Crippen molar-refractivity contribution in [2.24, 2.45) is 0 Å². The van der Waals surface area contributed by atoms with Gasteiger partial charge in [0.1, 0.15) is 6.23 Å². The van der Waals surface area contributed by atoms with Crippen molar-refractivity contribution >= 4 is 5.71 Å². The molecule has 9 heteroatoms. The van der Waals surface area contributed by atoms with Crippen LogP contribution in [0.15, 0.2) is 15.8 Å². The van der Waals surface area contributed by atoms with Crippen molar-refractivity contribution in [1.82, 2.24) is 9.55 Å². The lowest BCUT2D eigenvalue weighted by Crippen LogP contribution is -2.33. The van der Waals surface area contributed by atoms with Crippen molar-refractivity contribution in [1.29, 1.82) is 0 Å². The fourth-order valence-corrected chi connectivity index (χ4v) is 1.94. The Balaban J connectivity index is 2.41. The first-order valence-electron chi connectivity index (χ1n) is 5.54. The van der Waals surface area contributed by atoms with Crippen molar-refractivity contribution in [2.45, 2.75) is 25.7 Å². The number of rotatable bonds is 2. The van der Waals surface area contributed by atoms with Gasteiger partial charge in [-0.15, -0.1) is 0 Å². The molecule has 1 aliphatic heterocycles. The van der Waals surface area contributed by atoms with Crippen molar-refractivity contribution in [3.05, 3.63) is 37.8 Å². The molecule has 0 spiro atoms. The first-order valence-corrected chi connectivity index (χ1v) is 5.54. The van der Waals surface area contributed by atoms with E-state index in [1.54, 1.807) is 0 Å². The number of hydrogen-bond donors (Lipinski definition) is 3. The highest BCUT2D eigenvalue weighted by molar-refractivity contribution is 5.86. The van der Waals surface area contributed by atoms with Gasteiger partial charge in [-0.3, -0.25) is 19.6 Å². The van der Waals surface area contributed by atoms with Crippen LogP contribution in [-0.2, 0) is 4.74 Å². The summed E-state index contributed by atoms with van der Waals surface area (Å²) in [5, 5.41) is 28.8. The van der Waals surface area contributed by atoms with Gasteiger partial charge in [-0.25, -0.2) is 4.79 Å². The van der Waals surface area contributed by atoms with E-state index in [2.05, 4.69) is 4.98 Å². The van der Waals surface area contributed by atoms with Gasteiger partial charge >= 0.3 is 5.69 Å². The van der Waals surface area contributed by atoms with Crippen LogP contribution < -0.4 is 11.2 Å². The minimum absolute atomic E-state index is 0.0589. The van der Waals surface area contributed by atoms with E-state index in [-0.39, 0.29) is 17.0 Å². The van der Waals surface area contributed by atoms with Crippen LogP contribution in [0.25, 0.3) is 0 Å². The van der Waals surface area contributed by atoms with Crippen molar-refractivity contribution in [3.8, 4) is 0 Å². The molecular formula is C10H13N3O6. The fourth-order valence-electron chi connectivity index (χ4n) is 1.94. The molecule has 2 unspecified atom stereocenters. The summed E-state index contributed by atoms with van der Waals surface area (Å²) < 4.78 is 6.41. The summed E-state index contributed by atoms with van der Waals surface area (Å²) in [6.45, 7) is 1.02. The predicted molar refractivity (Wildman–Crippen MR) is 62.1 cm³/mol. The Morgan fingerprint density at radius 3 is 2.84 bits per heavy atom. The number of nitrogens with one attached hydrogen (secondary N) is 1. The van der Waals surface area contributed by atoms with Crippen LogP contribution in [0.1, 0.15) is 18.2 Å². The zero-order chi connectivity index (χ0) is 14.2. The van der Waals surface area contributed by atoms with Gasteiger partial charge < -0.3 is 15.1 Å². The molecule has 1 fully saturated rings. The molecule has 1 saturated heterocycles. The van der Waals surface area contributed by atoms with E-state index in [1.165, 1.54) is 13.1 Å². The summed E-state index contributed by atoms with van der Waals surface area (Å²) in [5.74, 6) is 0. The molecular weight excluding hydrogens is 258 g/mol. The highest BCUT2D eigenvalue weighted by Gasteiger charge is 2.39. The predicted octanol–water partition coefficient (Wildman–Crippen LogP) is -1.53. The Morgan fingerprint density at radius 1 is 1.63 bits per heavy atom. The number of aliphatic hydroxyl groups is 1. The van der Waals surface area contributed by atoms with E-state index >= 15 is 0 Å². The average molecular weight is 271 g/mol. The molecule has 9 nitrogen and oxygen atoms in total. The summed E-state index contributed by atoms with van der Waals surface area (Å²) >= 11 is 0. The summed E-state index contributed by atoms with van der Waals surface area (Å²) in [6.07, 6.45) is -0.600. The lowest BCUT2D eigenvalue weighted by atomic mass is 10.2. The Kier molecular flexibility index (Phi) is 3.40. The average Bonchev–Trinajstić information content (AvgIpc) is 2.77. The van der Waals surface area contributed by atoms with Gasteiger partial charge in [-0.1, -0.05) is 0 Å². The van der Waals surface area contributed by atoms with Crippen LogP contribution in [0.4, 0.5) is 0 Å². The van der Waals surface area contributed by atoms with Gasteiger partial charge in [0.15, 0.2) is 6.10 Å². The SMILES string of the molecule is Cc1cn(C2C/C(=[N+](/[O-])O)C(CO)O2)c(=O)[nH]c1=O.